The first-order valence-corrected chi connectivity index (χ1v) is 7.51. The third kappa shape index (κ3) is 3.32. The summed E-state index contributed by atoms with van der Waals surface area (Å²) in [5.74, 6) is 0.427. The first-order chi connectivity index (χ1) is 9.29. The van der Waals surface area contributed by atoms with E-state index in [4.69, 9.17) is 0 Å². The number of halogens is 1. The molecule has 20 heavy (non-hydrogen) atoms. The van der Waals surface area contributed by atoms with Crippen LogP contribution in [0.5, 0.6) is 5.75 Å². The van der Waals surface area contributed by atoms with Gasteiger partial charge in [-0.3, -0.25) is 4.90 Å². The Morgan fingerprint density at radius 1 is 1.25 bits per heavy atom. The predicted molar refractivity (Wildman–Crippen MR) is 80.2 cm³/mol. The van der Waals surface area contributed by atoms with Crippen molar-refractivity contribution >= 4 is 0 Å². The van der Waals surface area contributed by atoms with Gasteiger partial charge in [0.05, 0.1) is 0 Å². The highest BCUT2D eigenvalue weighted by Crippen LogP contribution is 2.37. The summed E-state index contributed by atoms with van der Waals surface area (Å²) in [4.78, 5) is 2.34. The maximum atomic E-state index is 13.9. The van der Waals surface area contributed by atoms with E-state index in [9.17, 15) is 9.50 Å². The van der Waals surface area contributed by atoms with Crippen molar-refractivity contribution in [2.45, 2.75) is 46.6 Å². The molecule has 1 aromatic rings. The number of hydrogen-bond acceptors (Lipinski definition) is 2. The van der Waals surface area contributed by atoms with Crippen molar-refractivity contribution in [1.82, 2.24) is 4.90 Å². The fourth-order valence-electron chi connectivity index (χ4n) is 3.20. The lowest BCUT2D eigenvalue weighted by atomic mass is 9.75. The minimum absolute atomic E-state index is 0.00936. The molecule has 1 aromatic carbocycles. The molecule has 0 bridgehead atoms. The molecule has 0 aromatic heterocycles. The molecule has 1 saturated heterocycles. The minimum Gasteiger partial charge on any atom is -0.508 e. The predicted octanol–water partition coefficient (Wildman–Crippen LogP) is 4.35. The van der Waals surface area contributed by atoms with Crippen LogP contribution < -0.4 is 0 Å². The van der Waals surface area contributed by atoms with Crippen molar-refractivity contribution in [3.8, 4) is 5.75 Å². The third-order valence-corrected chi connectivity index (χ3v) is 4.74. The van der Waals surface area contributed by atoms with Gasteiger partial charge in [0.2, 0.25) is 0 Å². The molecule has 1 N–H and O–H groups in total. The van der Waals surface area contributed by atoms with Crippen LogP contribution in [-0.2, 0) is 0 Å². The molecule has 1 heterocycles. The summed E-state index contributed by atoms with van der Waals surface area (Å²) in [6.07, 6.45) is 2.35. The van der Waals surface area contributed by atoms with Gasteiger partial charge in [-0.05, 0) is 50.3 Å². The van der Waals surface area contributed by atoms with E-state index >= 15 is 0 Å². The molecule has 1 aliphatic heterocycles. The van der Waals surface area contributed by atoms with Crippen LogP contribution in [0.3, 0.4) is 0 Å². The van der Waals surface area contributed by atoms with Crippen LogP contribution in [0.25, 0.3) is 0 Å². The number of phenols is 1. The van der Waals surface area contributed by atoms with Gasteiger partial charge in [0, 0.05) is 17.7 Å². The number of rotatable bonds is 2. The summed E-state index contributed by atoms with van der Waals surface area (Å²) in [6, 6.07) is 4.53. The monoisotopic (exact) mass is 279 g/mol. The minimum atomic E-state index is -0.310. The molecule has 1 fully saturated rings. The topological polar surface area (TPSA) is 23.5 Å². The summed E-state index contributed by atoms with van der Waals surface area (Å²) in [5.41, 5.74) is 1.04. The molecule has 0 aliphatic carbocycles. The number of hydrogen-bond donors (Lipinski definition) is 1. The fourth-order valence-corrected chi connectivity index (χ4v) is 3.20. The molecule has 2 nitrogen and oxygen atoms in total. The van der Waals surface area contributed by atoms with Crippen molar-refractivity contribution < 1.29 is 9.50 Å². The second kappa shape index (κ2) is 5.72. The van der Waals surface area contributed by atoms with E-state index in [2.05, 4.69) is 25.7 Å². The Kier molecular flexibility index (Phi) is 4.38. The lowest BCUT2D eigenvalue weighted by Crippen LogP contribution is -2.39. The Bertz CT molecular complexity index is 459. The zero-order chi connectivity index (χ0) is 14.9. The molecule has 1 aliphatic rings. The first kappa shape index (κ1) is 15.3. The van der Waals surface area contributed by atoms with Crippen LogP contribution >= 0.6 is 0 Å². The van der Waals surface area contributed by atoms with E-state index in [1.54, 1.807) is 12.1 Å². The van der Waals surface area contributed by atoms with Gasteiger partial charge in [-0.2, -0.15) is 0 Å². The van der Waals surface area contributed by atoms with E-state index < -0.39 is 0 Å². The summed E-state index contributed by atoms with van der Waals surface area (Å²) in [5, 5.41) is 9.30. The highest BCUT2D eigenvalue weighted by atomic mass is 19.1. The molecule has 3 heteroatoms. The van der Waals surface area contributed by atoms with Crippen LogP contribution in [0.15, 0.2) is 18.2 Å². The van der Waals surface area contributed by atoms with Gasteiger partial charge in [0.15, 0.2) is 0 Å². The number of benzene rings is 1. The molecular weight excluding hydrogens is 253 g/mol. The van der Waals surface area contributed by atoms with Crippen molar-refractivity contribution in [2.24, 2.45) is 11.3 Å². The van der Waals surface area contributed by atoms with Gasteiger partial charge < -0.3 is 5.11 Å². The molecule has 0 saturated carbocycles. The summed E-state index contributed by atoms with van der Waals surface area (Å²) < 4.78 is 13.9. The summed E-state index contributed by atoms with van der Waals surface area (Å²) in [7, 11) is 0. The molecular formula is C17H26FNO. The number of phenolic OH excluding ortho intramolecular Hbond substituents is 1. The lowest BCUT2D eigenvalue weighted by molar-refractivity contribution is 0.0866. The Labute approximate surface area is 121 Å². The maximum Gasteiger partial charge on any atom is 0.131 e. The van der Waals surface area contributed by atoms with Crippen LogP contribution in [0.2, 0.25) is 0 Å². The van der Waals surface area contributed by atoms with Crippen LogP contribution in [0, 0.1) is 17.2 Å². The Morgan fingerprint density at radius 3 is 2.35 bits per heavy atom. The average molecular weight is 279 g/mol. The smallest absolute Gasteiger partial charge is 0.131 e. The van der Waals surface area contributed by atoms with E-state index in [-0.39, 0.29) is 17.6 Å². The Balaban J connectivity index is 2.03. The number of likely N-dealkylation sites (tertiary alicyclic amines) is 1. The first-order valence-electron chi connectivity index (χ1n) is 7.51. The van der Waals surface area contributed by atoms with E-state index in [1.807, 2.05) is 6.92 Å². The zero-order valence-corrected chi connectivity index (χ0v) is 13.0. The fraction of sp³-hybridized carbons (Fsp3) is 0.647. The second-order valence-electron chi connectivity index (χ2n) is 7.06. The van der Waals surface area contributed by atoms with Crippen LogP contribution in [0.4, 0.5) is 4.39 Å². The standard InChI is InChI=1S/C17H26FNO/c1-12(15-6-5-14(20)11-16(15)18)19-9-7-13(8-10-19)17(2,3)4/h5-6,11-13,20H,7-10H2,1-4H3. The lowest BCUT2D eigenvalue weighted by Gasteiger charge is -2.41. The van der Waals surface area contributed by atoms with Gasteiger partial charge in [-0.25, -0.2) is 4.39 Å². The van der Waals surface area contributed by atoms with Crippen molar-refractivity contribution in [1.29, 1.82) is 0 Å². The Hall–Kier alpha value is -1.09. The molecule has 0 amide bonds. The van der Waals surface area contributed by atoms with Gasteiger partial charge in [-0.1, -0.05) is 26.8 Å². The molecule has 0 radical (unpaired) electrons. The van der Waals surface area contributed by atoms with Crippen molar-refractivity contribution in [3.05, 3.63) is 29.6 Å². The molecule has 1 atom stereocenters. The van der Waals surface area contributed by atoms with Crippen molar-refractivity contribution in [3.63, 3.8) is 0 Å². The summed E-state index contributed by atoms with van der Waals surface area (Å²) in [6.45, 7) is 11.0. The molecule has 0 spiro atoms. The maximum absolute atomic E-state index is 13.9. The van der Waals surface area contributed by atoms with Gasteiger partial charge in [-0.15, -0.1) is 0 Å². The quantitative estimate of drug-likeness (QED) is 0.870. The number of piperidine rings is 1. The van der Waals surface area contributed by atoms with Gasteiger partial charge in [0.1, 0.15) is 11.6 Å². The van der Waals surface area contributed by atoms with E-state index in [0.29, 0.717) is 11.0 Å². The van der Waals surface area contributed by atoms with Crippen LogP contribution in [0.1, 0.15) is 52.1 Å². The average Bonchev–Trinajstić information content (AvgIpc) is 2.37. The van der Waals surface area contributed by atoms with Crippen molar-refractivity contribution in [2.75, 3.05) is 13.1 Å². The molecule has 2 rings (SSSR count). The highest BCUT2D eigenvalue weighted by molar-refractivity contribution is 5.29. The van der Waals surface area contributed by atoms with Gasteiger partial charge >= 0.3 is 0 Å². The molecule has 1 unspecified atom stereocenters. The third-order valence-electron chi connectivity index (χ3n) is 4.74. The zero-order valence-electron chi connectivity index (χ0n) is 13.0. The van der Waals surface area contributed by atoms with Crippen LogP contribution in [-0.4, -0.2) is 23.1 Å². The normalized spacial score (nSPS) is 20.1. The number of aromatic hydroxyl groups is 1. The van der Waals surface area contributed by atoms with Gasteiger partial charge in [0.25, 0.3) is 0 Å². The highest BCUT2D eigenvalue weighted by Gasteiger charge is 2.31. The van der Waals surface area contributed by atoms with E-state index in [1.165, 1.54) is 18.9 Å². The molecule has 112 valence electrons. The largest absolute Gasteiger partial charge is 0.508 e. The number of nitrogens with zero attached hydrogens (tertiary/aromatic N) is 1. The SMILES string of the molecule is CC(c1ccc(O)cc1F)N1CCC(C(C)(C)C)CC1. The second-order valence-corrected chi connectivity index (χ2v) is 7.06. The Morgan fingerprint density at radius 2 is 1.85 bits per heavy atom. The summed E-state index contributed by atoms with van der Waals surface area (Å²) >= 11 is 0. The van der Waals surface area contributed by atoms with E-state index in [0.717, 1.165) is 19.0 Å².